The number of hydrogen-bond acceptors (Lipinski definition) is 3. The summed E-state index contributed by atoms with van der Waals surface area (Å²) in [5.74, 6) is -9.82. The molecule has 0 atom stereocenters. The van der Waals surface area contributed by atoms with E-state index < -0.39 is 36.9 Å². The maximum Gasteiger partial charge on any atom is 0.335 e. The second-order valence-corrected chi connectivity index (χ2v) is 4.63. The summed E-state index contributed by atoms with van der Waals surface area (Å²) in [5.41, 5.74) is 0. The Bertz CT molecular complexity index is 267. The molecule has 0 amide bonds. The van der Waals surface area contributed by atoms with Gasteiger partial charge in [-0.05, 0) is 12.8 Å². The van der Waals surface area contributed by atoms with E-state index in [1.165, 1.54) is 0 Å². The third-order valence-corrected chi connectivity index (χ3v) is 3.29. The van der Waals surface area contributed by atoms with Crippen LogP contribution >= 0.6 is 0 Å². The molecular formula is C10H14F4O3. The highest BCUT2D eigenvalue weighted by Gasteiger charge is 2.61. The molecule has 1 saturated carbocycles. The summed E-state index contributed by atoms with van der Waals surface area (Å²) < 4.78 is 61.9. The van der Waals surface area contributed by atoms with Gasteiger partial charge in [0.15, 0.2) is 5.79 Å². The molecule has 100 valence electrons. The molecule has 2 fully saturated rings. The minimum Gasteiger partial charge on any atom is -0.393 e. The van der Waals surface area contributed by atoms with E-state index in [2.05, 4.69) is 0 Å². The second-order valence-electron chi connectivity index (χ2n) is 4.63. The van der Waals surface area contributed by atoms with Gasteiger partial charge in [0.05, 0.1) is 6.10 Å². The number of rotatable bonds is 0. The molecule has 1 heterocycles. The van der Waals surface area contributed by atoms with Crippen molar-refractivity contribution in [3.8, 4) is 0 Å². The maximum absolute atomic E-state index is 13.1. The van der Waals surface area contributed by atoms with Crippen molar-refractivity contribution in [2.45, 2.75) is 49.4 Å². The Labute approximate surface area is 95.7 Å². The van der Waals surface area contributed by atoms with Crippen LogP contribution in [0.2, 0.25) is 0 Å². The fraction of sp³-hybridized carbons (Fsp3) is 1.00. The van der Waals surface area contributed by atoms with Crippen molar-refractivity contribution in [1.29, 1.82) is 0 Å². The highest BCUT2D eigenvalue weighted by molar-refractivity contribution is 4.91. The number of alkyl halides is 4. The molecule has 0 unspecified atom stereocenters. The number of halogens is 4. The largest absolute Gasteiger partial charge is 0.393 e. The highest BCUT2D eigenvalue weighted by Crippen LogP contribution is 2.43. The second kappa shape index (κ2) is 4.07. The van der Waals surface area contributed by atoms with E-state index in [0.29, 0.717) is 12.8 Å². The molecule has 1 aliphatic carbocycles. The van der Waals surface area contributed by atoms with Crippen LogP contribution in [0.15, 0.2) is 0 Å². The van der Waals surface area contributed by atoms with Gasteiger partial charge in [0.2, 0.25) is 0 Å². The number of hydrogen-bond donors (Lipinski definition) is 1. The third kappa shape index (κ3) is 2.41. The summed E-state index contributed by atoms with van der Waals surface area (Å²) in [4.78, 5) is 0. The first kappa shape index (κ1) is 13.0. The van der Waals surface area contributed by atoms with Gasteiger partial charge in [-0.15, -0.1) is 0 Å². The number of aliphatic hydroxyl groups excluding tert-OH is 1. The maximum atomic E-state index is 13.1. The van der Waals surface area contributed by atoms with Gasteiger partial charge in [-0.2, -0.15) is 17.6 Å². The van der Waals surface area contributed by atoms with Gasteiger partial charge in [-0.1, -0.05) is 0 Å². The highest BCUT2D eigenvalue weighted by atomic mass is 19.3. The smallest absolute Gasteiger partial charge is 0.335 e. The zero-order chi connectivity index (χ0) is 12.7. The van der Waals surface area contributed by atoms with Gasteiger partial charge in [0.25, 0.3) is 0 Å². The van der Waals surface area contributed by atoms with E-state index in [9.17, 15) is 22.7 Å². The monoisotopic (exact) mass is 258 g/mol. The van der Waals surface area contributed by atoms with Crippen LogP contribution in [0.5, 0.6) is 0 Å². The Morgan fingerprint density at radius 3 is 1.71 bits per heavy atom. The van der Waals surface area contributed by atoms with Crippen LogP contribution in [0.3, 0.4) is 0 Å². The van der Waals surface area contributed by atoms with Gasteiger partial charge in [0, 0.05) is 12.8 Å². The Morgan fingerprint density at radius 2 is 1.29 bits per heavy atom. The van der Waals surface area contributed by atoms with E-state index >= 15 is 0 Å². The Morgan fingerprint density at radius 1 is 0.882 bits per heavy atom. The van der Waals surface area contributed by atoms with Crippen LogP contribution in [0.1, 0.15) is 25.7 Å². The minimum atomic E-state index is -4.22. The lowest BCUT2D eigenvalue weighted by Gasteiger charge is -2.37. The predicted molar refractivity (Wildman–Crippen MR) is 49.0 cm³/mol. The number of ether oxygens (including phenoxy) is 2. The summed E-state index contributed by atoms with van der Waals surface area (Å²) in [6, 6.07) is 0. The fourth-order valence-corrected chi connectivity index (χ4v) is 2.03. The predicted octanol–water partition coefficient (Wildman–Crippen LogP) is 1.93. The van der Waals surface area contributed by atoms with Gasteiger partial charge < -0.3 is 14.6 Å². The van der Waals surface area contributed by atoms with Gasteiger partial charge in [0.1, 0.15) is 13.2 Å². The lowest BCUT2D eigenvalue weighted by atomic mass is 9.92. The summed E-state index contributed by atoms with van der Waals surface area (Å²) in [7, 11) is 0. The molecule has 1 spiro atoms. The van der Waals surface area contributed by atoms with E-state index in [1.54, 1.807) is 0 Å². The molecule has 0 bridgehead atoms. The average Bonchev–Trinajstić information content (AvgIpc) is 2.34. The molecule has 1 N–H and O–H groups in total. The van der Waals surface area contributed by atoms with Gasteiger partial charge in [-0.25, -0.2) is 0 Å². The topological polar surface area (TPSA) is 38.7 Å². The quantitative estimate of drug-likeness (QED) is 0.675. The van der Waals surface area contributed by atoms with Crippen LogP contribution in [-0.2, 0) is 9.47 Å². The van der Waals surface area contributed by atoms with Crippen LogP contribution in [0.4, 0.5) is 17.6 Å². The molecular weight excluding hydrogens is 244 g/mol. The van der Waals surface area contributed by atoms with Crippen molar-refractivity contribution < 1.29 is 32.1 Å². The lowest BCUT2D eigenvalue weighted by molar-refractivity contribution is -0.257. The summed E-state index contributed by atoms with van der Waals surface area (Å²) >= 11 is 0. The first-order valence-corrected chi connectivity index (χ1v) is 5.48. The van der Waals surface area contributed by atoms with Crippen LogP contribution in [0.25, 0.3) is 0 Å². The van der Waals surface area contributed by atoms with Gasteiger partial charge >= 0.3 is 11.8 Å². The molecule has 0 radical (unpaired) electrons. The first-order valence-electron chi connectivity index (χ1n) is 5.48. The normalized spacial score (nSPS) is 32.3. The molecule has 1 aliphatic heterocycles. The van der Waals surface area contributed by atoms with E-state index in [-0.39, 0.29) is 12.8 Å². The first-order chi connectivity index (χ1) is 7.77. The molecule has 1 saturated heterocycles. The molecule has 17 heavy (non-hydrogen) atoms. The standard InChI is InChI=1S/C10H14F4O3/c11-9(12)5-16-8(17-6-10(9,13)14)3-1-7(15)2-4-8/h7,15H,1-6H2. The fourth-order valence-electron chi connectivity index (χ4n) is 2.03. The zero-order valence-electron chi connectivity index (χ0n) is 9.10. The lowest BCUT2D eigenvalue weighted by Crippen LogP contribution is -2.45. The minimum absolute atomic E-state index is 0.153. The van der Waals surface area contributed by atoms with Crippen molar-refractivity contribution >= 4 is 0 Å². The summed E-state index contributed by atoms with van der Waals surface area (Å²) in [5, 5.41) is 9.29. The van der Waals surface area contributed by atoms with Crippen molar-refractivity contribution in [2.24, 2.45) is 0 Å². The van der Waals surface area contributed by atoms with Crippen molar-refractivity contribution in [2.75, 3.05) is 13.2 Å². The van der Waals surface area contributed by atoms with Crippen LogP contribution < -0.4 is 0 Å². The molecule has 2 rings (SSSR count). The summed E-state index contributed by atoms with van der Waals surface area (Å²) in [6.07, 6.45) is 0.367. The van der Waals surface area contributed by atoms with Crippen LogP contribution in [-0.4, -0.2) is 42.1 Å². The van der Waals surface area contributed by atoms with Gasteiger partial charge in [-0.3, -0.25) is 0 Å². The Kier molecular flexibility index (Phi) is 3.12. The van der Waals surface area contributed by atoms with E-state index in [1.807, 2.05) is 0 Å². The Balaban J connectivity index is 2.10. The molecule has 3 nitrogen and oxygen atoms in total. The van der Waals surface area contributed by atoms with Crippen molar-refractivity contribution in [3.63, 3.8) is 0 Å². The molecule has 7 heteroatoms. The molecule has 0 aromatic carbocycles. The molecule has 2 aliphatic rings. The average molecular weight is 258 g/mol. The Hall–Kier alpha value is -0.400. The molecule has 0 aromatic heterocycles. The summed E-state index contributed by atoms with van der Waals surface area (Å²) in [6.45, 7) is -2.70. The molecule has 0 aromatic rings. The zero-order valence-corrected chi connectivity index (χ0v) is 9.10. The number of aliphatic hydroxyl groups is 1. The van der Waals surface area contributed by atoms with Crippen molar-refractivity contribution in [3.05, 3.63) is 0 Å². The van der Waals surface area contributed by atoms with Crippen LogP contribution in [0, 0.1) is 0 Å². The van der Waals surface area contributed by atoms with Crippen molar-refractivity contribution in [1.82, 2.24) is 0 Å². The van der Waals surface area contributed by atoms with E-state index in [4.69, 9.17) is 9.47 Å². The third-order valence-electron chi connectivity index (χ3n) is 3.29. The SMILES string of the molecule is OC1CCC2(CC1)OCC(F)(F)C(F)(F)CO2. The van der Waals surface area contributed by atoms with E-state index in [0.717, 1.165) is 0 Å².